The van der Waals surface area contributed by atoms with E-state index in [0.29, 0.717) is 0 Å². The number of carbonyl (C=O) groups excluding carboxylic acids is 2. The number of Topliss-reactive ketones (excluding diaryl/α,β-unsaturated/α-hetero) is 1. The second-order valence-corrected chi connectivity index (χ2v) is 9.11. The van der Waals surface area contributed by atoms with Crippen molar-refractivity contribution in [1.82, 2.24) is 0 Å². The second kappa shape index (κ2) is 18.6. The highest BCUT2D eigenvalue weighted by molar-refractivity contribution is 7.94. The van der Waals surface area contributed by atoms with Gasteiger partial charge in [-0.15, -0.1) is 0 Å². The highest BCUT2D eigenvalue weighted by Crippen LogP contribution is 2.25. The van der Waals surface area contributed by atoms with Crippen LogP contribution in [0.25, 0.3) is 0 Å². The molecule has 0 aliphatic heterocycles. The van der Waals surface area contributed by atoms with Crippen LogP contribution in [0.3, 0.4) is 0 Å². The van der Waals surface area contributed by atoms with Gasteiger partial charge in [-0.1, -0.05) is 61.7 Å². The molecule has 0 spiro atoms. The van der Waals surface area contributed by atoms with E-state index in [2.05, 4.69) is 50.6 Å². The minimum Gasteiger partial charge on any atom is -0.458 e. The van der Waals surface area contributed by atoms with E-state index in [-0.39, 0.29) is 12.4 Å². The van der Waals surface area contributed by atoms with Crippen LogP contribution in [0.15, 0.2) is 41.3 Å². The average Bonchev–Trinajstić information content (AvgIpc) is 2.76. The summed E-state index contributed by atoms with van der Waals surface area (Å²) < 4.78 is 9.64. The summed E-state index contributed by atoms with van der Waals surface area (Å²) in [5.41, 5.74) is 5.44. The van der Waals surface area contributed by atoms with Crippen LogP contribution in [-0.2, 0) is 24.9 Å². The lowest BCUT2D eigenvalue weighted by Crippen LogP contribution is -2.07. The zero-order chi connectivity index (χ0) is 25.2. The Hall–Kier alpha value is -1.82. The van der Waals surface area contributed by atoms with E-state index in [0.717, 1.165) is 28.5 Å². The van der Waals surface area contributed by atoms with Gasteiger partial charge in [-0.3, -0.25) is 9.59 Å². The monoisotopic (exact) mass is 494 g/mol. The fourth-order valence-corrected chi connectivity index (χ4v) is 3.38. The summed E-state index contributed by atoms with van der Waals surface area (Å²) in [6.45, 7) is 14.0. The minimum absolute atomic E-state index is 0.102. The molecule has 0 saturated carbocycles. The predicted octanol–water partition coefficient (Wildman–Crippen LogP) is 7.87. The zero-order valence-electron chi connectivity index (χ0n) is 21.1. The molecule has 2 rings (SSSR count). The van der Waals surface area contributed by atoms with Crippen LogP contribution in [0, 0.1) is 20.8 Å². The normalized spacial score (nSPS) is 9.82. The van der Waals surface area contributed by atoms with E-state index in [1.165, 1.54) is 61.8 Å². The maximum Gasteiger partial charge on any atom is 0.303 e. The van der Waals surface area contributed by atoms with Crippen LogP contribution >= 0.6 is 23.6 Å². The number of esters is 1. The molecule has 33 heavy (non-hydrogen) atoms. The lowest BCUT2D eigenvalue weighted by molar-refractivity contribution is -0.145. The summed E-state index contributed by atoms with van der Waals surface area (Å²) in [7, 11) is 0. The first-order chi connectivity index (χ1) is 15.6. The number of rotatable bonds is 9. The summed E-state index contributed by atoms with van der Waals surface area (Å²) in [6, 6.07) is 12.7. The zero-order valence-corrected chi connectivity index (χ0v) is 22.7. The van der Waals surface area contributed by atoms with E-state index in [1.807, 2.05) is 25.1 Å². The fraction of sp³-hybridized carbons (Fsp3) is 0.481. The minimum atomic E-state index is -0.416. The number of hydrogen-bond donors (Lipinski definition) is 0. The first-order valence-electron chi connectivity index (χ1n) is 11.3. The maximum absolute atomic E-state index is 10.1. The Balaban J connectivity index is 0.000000480. The molecule has 0 N–H and O–H groups in total. The molecule has 0 unspecified atom stereocenters. The Morgan fingerprint density at radius 3 is 2.12 bits per heavy atom. The molecule has 0 aliphatic carbocycles. The lowest BCUT2D eigenvalue weighted by Gasteiger charge is -2.05. The molecule has 0 saturated heterocycles. The number of carbonyl (C=O) groups is 2. The van der Waals surface area contributed by atoms with Gasteiger partial charge in [0.15, 0.2) is 5.78 Å². The topological polar surface area (TPSA) is 52.6 Å². The first kappa shape index (κ1) is 31.2. The average molecular weight is 495 g/mol. The van der Waals surface area contributed by atoms with Gasteiger partial charge in [-0.05, 0) is 75.8 Å². The standard InChI is InChI=1S/C12H18.C10H13ClOS.C5H8O3/c1-4-5-6-12-9-10(2)7-8-11(12)3;1-3-6-12-13-9-5-4-8(2)10(11)7-9;1-4(6)3-8-5(2)7/h7-9H,4-6H2,1-3H3;4-5,7H,3,6H2,1-2H3;3H2,1-2H3. The third-order valence-electron chi connectivity index (χ3n) is 4.37. The van der Waals surface area contributed by atoms with Gasteiger partial charge >= 0.3 is 5.97 Å². The van der Waals surface area contributed by atoms with Crippen LogP contribution in [-0.4, -0.2) is 25.0 Å². The van der Waals surface area contributed by atoms with Crippen molar-refractivity contribution in [1.29, 1.82) is 0 Å². The van der Waals surface area contributed by atoms with Crippen LogP contribution < -0.4 is 0 Å². The molecule has 0 heterocycles. The van der Waals surface area contributed by atoms with Gasteiger partial charge in [0.05, 0.1) is 6.61 Å². The molecule has 2 aromatic rings. The number of aryl methyl sites for hydroxylation is 4. The van der Waals surface area contributed by atoms with Crippen LogP contribution in [0.2, 0.25) is 5.02 Å². The molecule has 0 atom stereocenters. The first-order valence-corrected chi connectivity index (χ1v) is 12.5. The molecule has 0 fully saturated rings. The van der Waals surface area contributed by atoms with Crippen LogP contribution in [0.1, 0.15) is 69.2 Å². The molecule has 184 valence electrons. The van der Waals surface area contributed by atoms with Gasteiger partial charge in [-0.2, -0.15) is 0 Å². The highest BCUT2D eigenvalue weighted by Gasteiger charge is 1.99. The van der Waals surface area contributed by atoms with E-state index in [1.54, 1.807) is 0 Å². The van der Waals surface area contributed by atoms with Crippen molar-refractivity contribution in [3.8, 4) is 0 Å². The van der Waals surface area contributed by atoms with Crippen LogP contribution in [0.5, 0.6) is 0 Å². The van der Waals surface area contributed by atoms with Crippen molar-refractivity contribution in [3.63, 3.8) is 0 Å². The third kappa shape index (κ3) is 16.4. The SMILES string of the molecule is CC(=O)COC(C)=O.CCCCc1cc(C)ccc1C.CCCOSc1ccc(C)c(Cl)c1. The van der Waals surface area contributed by atoms with Crippen LogP contribution in [0.4, 0.5) is 0 Å². The Morgan fingerprint density at radius 1 is 0.939 bits per heavy atom. The summed E-state index contributed by atoms with van der Waals surface area (Å²) >= 11 is 7.34. The highest BCUT2D eigenvalue weighted by atomic mass is 35.5. The van der Waals surface area contributed by atoms with Crippen molar-refractivity contribution in [3.05, 3.63) is 63.7 Å². The number of ketones is 1. The predicted molar refractivity (Wildman–Crippen MR) is 140 cm³/mol. The number of hydrogen-bond acceptors (Lipinski definition) is 5. The largest absolute Gasteiger partial charge is 0.458 e. The van der Waals surface area contributed by atoms with Crippen molar-refractivity contribution >= 4 is 35.4 Å². The lowest BCUT2D eigenvalue weighted by atomic mass is 10.0. The van der Waals surface area contributed by atoms with Crippen molar-refractivity contribution in [2.75, 3.05) is 13.2 Å². The number of benzene rings is 2. The van der Waals surface area contributed by atoms with Gasteiger partial charge in [0.25, 0.3) is 0 Å². The smallest absolute Gasteiger partial charge is 0.303 e. The maximum atomic E-state index is 10.1. The van der Waals surface area contributed by atoms with E-state index in [4.69, 9.17) is 15.8 Å². The second-order valence-electron chi connectivity index (χ2n) is 7.83. The Morgan fingerprint density at radius 2 is 1.61 bits per heavy atom. The molecular formula is C27H39ClO4S. The van der Waals surface area contributed by atoms with Crippen molar-refractivity contribution < 1.29 is 18.5 Å². The molecule has 0 radical (unpaired) electrons. The van der Waals surface area contributed by atoms with E-state index < -0.39 is 5.97 Å². The number of unbranched alkanes of at least 4 members (excludes halogenated alkanes) is 1. The third-order valence-corrected chi connectivity index (χ3v) is 5.51. The molecule has 4 nitrogen and oxygen atoms in total. The molecule has 0 aromatic heterocycles. The Kier molecular flexibility index (Phi) is 17.6. The van der Waals surface area contributed by atoms with Gasteiger partial charge < -0.3 is 8.92 Å². The van der Waals surface area contributed by atoms with E-state index >= 15 is 0 Å². The summed E-state index contributed by atoms with van der Waals surface area (Å²) in [4.78, 5) is 21.1. The van der Waals surface area contributed by atoms with Gasteiger partial charge in [-0.25, -0.2) is 0 Å². The molecule has 6 heteroatoms. The summed E-state index contributed by atoms with van der Waals surface area (Å²) in [5, 5.41) is 0.796. The molecule has 0 amide bonds. The quantitative estimate of drug-likeness (QED) is 0.201. The van der Waals surface area contributed by atoms with Crippen molar-refractivity contribution in [2.24, 2.45) is 0 Å². The van der Waals surface area contributed by atoms with E-state index in [9.17, 15) is 9.59 Å². The molecule has 0 bridgehead atoms. The Bertz CT molecular complexity index is 838. The van der Waals surface area contributed by atoms with Gasteiger partial charge in [0.2, 0.25) is 0 Å². The number of ether oxygens (including phenoxy) is 1. The molecule has 0 aliphatic rings. The number of halogens is 1. The summed E-state index contributed by atoms with van der Waals surface area (Å²) in [6.07, 6.45) is 4.87. The summed E-state index contributed by atoms with van der Waals surface area (Å²) in [5.74, 6) is -0.555. The molecular weight excluding hydrogens is 456 g/mol. The fourth-order valence-electron chi connectivity index (χ4n) is 2.46. The van der Waals surface area contributed by atoms with Crippen molar-refractivity contribution in [2.45, 2.75) is 79.0 Å². The molecule has 2 aromatic carbocycles. The van der Waals surface area contributed by atoms with Gasteiger partial charge in [0.1, 0.15) is 6.61 Å². The Labute approximate surface area is 209 Å². The van der Waals surface area contributed by atoms with Gasteiger partial charge in [0, 0.05) is 28.9 Å².